The van der Waals surface area contributed by atoms with Crippen LogP contribution in [-0.4, -0.2) is 5.11 Å². The predicted octanol–water partition coefficient (Wildman–Crippen LogP) is 1.30. The first-order valence-electron chi connectivity index (χ1n) is 2.67. The zero-order valence-corrected chi connectivity index (χ0v) is 4.39. The Morgan fingerprint density at radius 1 is 1.25 bits per heavy atom. The molecule has 1 aliphatic carbocycles. The first-order chi connectivity index (χ1) is 3.86. The van der Waals surface area contributed by atoms with E-state index in [-0.39, 0.29) is 0 Å². The molecule has 0 amide bonds. The van der Waals surface area contributed by atoms with Crippen molar-refractivity contribution >= 4 is 0 Å². The molecule has 0 radical (unpaired) electrons. The second kappa shape index (κ2) is 1.05. The molecule has 1 N–H and O–H groups in total. The topological polar surface area (TPSA) is 20.2 Å². The fourth-order valence-electron chi connectivity index (χ4n) is 0.883. The summed E-state index contributed by atoms with van der Waals surface area (Å²) in [6, 6.07) is 5.51. The van der Waals surface area contributed by atoms with E-state index in [2.05, 4.69) is 0 Å². The zero-order chi connectivity index (χ0) is 5.56. The molecule has 8 heavy (non-hydrogen) atoms. The van der Waals surface area contributed by atoms with Gasteiger partial charge in [-0.1, -0.05) is 6.07 Å². The van der Waals surface area contributed by atoms with Crippen LogP contribution < -0.4 is 0 Å². The van der Waals surface area contributed by atoms with Gasteiger partial charge in [0.1, 0.15) is 5.75 Å². The van der Waals surface area contributed by atoms with Crippen molar-refractivity contribution in [2.24, 2.45) is 0 Å². The van der Waals surface area contributed by atoms with Gasteiger partial charge in [-0.05, 0) is 29.7 Å². The van der Waals surface area contributed by atoms with Gasteiger partial charge in [-0.2, -0.15) is 0 Å². The van der Waals surface area contributed by atoms with Crippen LogP contribution in [0.1, 0.15) is 11.1 Å². The van der Waals surface area contributed by atoms with E-state index in [1.165, 1.54) is 11.1 Å². The third-order valence-corrected chi connectivity index (χ3v) is 1.45. The van der Waals surface area contributed by atoms with E-state index in [1.54, 1.807) is 6.07 Å². The summed E-state index contributed by atoms with van der Waals surface area (Å²) in [6.07, 6.45) is 1.08. The lowest BCUT2D eigenvalue weighted by Gasteiger charge is -1.82. The molecular formula is C7H6O. The Bertz CT molecular complexity index is 227. The van der Waals surface area contributed by atoms with Crippen LogP contribution in [0.5, 0.6) is 5.75 Å². The molecule has 0 spiro atoms. The Balaban J connectivity index is 2.64. The number of aromatic hydroxyl groups is 1. The SMILES string of the molecule is Oc1ccc2c(c1)C2. The molecule has 0 saturated carbocycles. The molecule has 0 aliphatic heterocycles. The number of rotatable bonds is 0. The Hall–Kier alpha value is -0.980. The number of phenols is 1. The summed E-state index contributed by atoms with van der Waals surface area (Å²) in [6.45, 7) is 0. The minimum atomic E-state index is 0.390. The van der Waals surface area contributed by atoms with Crippen LogP contribution in [0.3, 0.4) is 0 Å². The molecular weight excluding hydrogens is 100 g/mol. The third kappa shape index (κ3) is 0.413. The van der Waals surface area contributed by atoms with Crippen molar-refractivity contribution in [3.8, 4) is 5.75 Å². The van der Waals surface area contributed by atoms with Crippen molar-refractivity contribution in [2.75, 3.05) is 0 Å². The molecule has 0 aromatic heterocycles. The summed E-state index contributed by atoms with van der Waals surface area (Å²) in [5.41, 5.74) is 2.67. The van der Waals surface area contributed by atoms with Gasteiger partial charge in [0.15, 0.2) is 0 Å². The predicted molar refractivity (Wildman–Crippen MR) is 30.9 cm³/mol. The summed E-state index contributed by atoms with van der Waals surface area (Å²) in [4.78, 5) is 0. The van der Waals surface area contributed by atoms with Gasteiger partial charge in [-0.25, -0.2) is 0 Å². The van der Waals surface area contributed by atoms with Gasteiger partial charge in [0.05, 0.1) is 0 Å². The van der Waals surface area contributed by atoms with E-state index in [0.717, 1.165) is 6.42 Å². The molecule has 1 aliphatic rings. The van der Waals surface area contributed by atoms with Crippen LogP contribution in [0.2, 0.25) is 0 Å². The van der Waals surface area contributed by atoms with E-state index in [9.17, 15) is 0 Å². The standard InChI is InChI=1S/C7H6O/c8-7-2-1-5-3-6(5)4-7/h1-2,4,8H,3H2. The number of benzene rings is 1. The quantitative estimate of drug-likeness (QED) is 0.536. The molecule has 2 rings (SSSR count). The average Bonchev–Trinajstić information content (AvgIpc) is 2.43. The first kappa shape index (κ1) is 3.96. The van der Waals surface area contributed by atoms with Crippen LogP contribution in [-0.2, 0) is 6.42 Å². The second-order valence-electron chi connectivity index (χ2n) is 2.13. The van der Waals surface area contributed by atoms with E-state index >= 15 is 0 Å². The van der Waals surface area contributed by atoms with Gasteiger partial charge in [-0.15, -0.1) is 0 Å². The number of hydrogen-bond acceptors (Lipinski definition) is 1. The van der Waals surface area contributed by atoms with Gasteiger partial charge in [0.25, 0.3) is 0 Å². The number of fused-ring (bicyclic) bond motifs is 1. The molecule has 0 heterocycles. The van der Waals surface area contributed by atoms with Crippen molar-refractivity contribution in [2.45, 2.75) is 6.42 Å². The number of phenolic OH excluding ortho intramolecular Hbond substituents is 1. The maximum Gasteiger partial charge on any atom is 0.115 e. The molecule has 0 atom stereocenters. The first-order valence-corrected chi connectivity index (χ1v) is 2.67. The maximum absolute atomic E-state index is 8.85. The number of hydrogen-bond donors (Lipinski definition) is 1. The van der Waals surface area contributed by atoms with Crippen molar-refractivity contribution in [3.63, 3.8) is 0 Å². The van der Waals surface area contributed by atoms with Gasteiger partial charge < -0.3 is 5.11 Å². The maximum atomic E-state index is 8.85. The largest absolute Gasteiger partial charge is 0.508 e. The minimum absolute atomic E-state index is 0.390. The zero-order valence-electron chi connectivity index (χ0n) is 4.39. The molecule has 1 aromatic rings. The van der Waals surface area contributed by atoms with Gasteiger partial charge >= 0.3 is 0 Å². The lowest BCUT2D eigenvalue weighted by Crippen LogP contribution is -1.56. The molecule has 0 unspecified atom stereocenters. The van der Waals surface area contributed by atoms with Gasteiger partial charge in [0.2, 0.25) is 0 Å². The highest BCUT2D eigenvalue weighted by Gasteiger charge is 2.15. The normalized spacial score (nSPS) is 13.0. The van der Waals surface area contributed by atoms with Crippen molar-refractivity contribution < 1.29 is 5.11 Å². The Morgan fingerprint density at radius 2 is 2.12 bits per heavy atom. The highest BCUT2D eigenvalue weighted by Crippen LogP contribution is 2.30. The fraction of sp³-hybridized carbons (Fsp3) is 0.143. The molecule has 0 fully saturated rings. The van der Waals surface area contributed by atoms with E-state index in [1.807, 2.05) is 12.1 Å². The van der Waals surface area contributed by atoms with Crippen molar-refractivity contribution in [1.82, 2.24) is 0 Å². The Labute approximate surface area is 47.6 Å². The van der Waals surface area contributed by atoms with Crippen molar-refractivity contribution in [1.29, 1.82) is 0 Å². The summed E-state index contributed by atoms with van der Waals surface area (Å²) in [7, 11) is 0. The van der Waals surface area contributed by atoms with E-state index in [0.29, 0.717) is 5.75 Å². The van der Waals surface area contributed by atoms with Crippen LogP contribution in [0.15, 0.2) is 18.2 Å². The molecule has 1 aromatic carbocycles. The van der Waals surface area contributed by atoms with Crippen LogP contribution in [0.4, 0.5) is 0 Å². The third-order valence-electron chi connectivity index (χ3n) is 1.45. The van der Waals surface area contributed by atoms with Crippen molar-refractivity contribution in [3.05, 3.63) is 29.3 Å². The van der Waals surface area contributed by atoms with Gasteiger partial charge in [0, 0.05) is 0 Å². The molecule has 0 bridgehead atoms. The van der Waals surface area contributed by atoms with E-state index in [4.69, 9.17) is 5.11 Å². The van der Waals surface area contributed by atoms with Crippen LogP contribution >= 0.6 is 0 Å². The summed E-state index contributed by atoms with van der Waals surface area (Å²) in [5, 5.41) is 8.85. The summed E-state index contributed by atoms with van der Waals surface area (Å²) < 4.78 is 0. The smallest absolute Gasteiger partial charge is 0.115 e. The van der Waals surface area contributed by atoms with Gasteiger partial charge in [-0.3, -0.25) is 0 Å². The Morgan fingerprint density at radius 3 is 2.75 bits per heavy atom. The fourth-order valence-corrected chi connectivity index (χ4v) is 0.883. The lowest BCUT2D eigenvalue weighted by atomic mass is 10.3. The Kier molecular flexibility index (Phi) is 0.519. The highest BCUT2D eigenvalue weighted by atomic mass is 16.3. The second-order valence-corrected chi connectivity index (χ2v) is 2.13. The van der Waals surface area contributed by atoms with Crippen LogP contribution in [0.25, 0.3) is 0 Å². The van der Waals surface area contributed by atoms with E-state index < -0.39 is 0 Å². The minimum Gasteiger partial charge on any atom is -0.508 e. The highest BCUT2D eigenvalue weighted by molar-refractivity contribution is 5.48. The summed E-state index contributed by atoms with van der Waals surface area (Å²) >= 11 is 0. The molecule has 40 valence electrons. The average molecular weight is 106 g/mol. The van der Waals surface area contributed by atoms with Crippen LogP contribution in [0, 0.1) is 0 Å². The lowest BCUT2D eigenvalue weighted by molar-refractivity contribution is 0.475. The molecule has 0 saturated heterocycles. The monoisotopic (exact) mass is 106 g/mol. The molecule has 1 nitrogen and oxygen atoms in total. The molecule has 1 heteroatoms. The summed E-state index contributed by atoms with van der Waals surface area (Å²) in [5.74, 6) is 0.390.